The number of aromatic nitrogens is 4. The summed E-state index contributed by atoms with van der Waals surface area (Å²) in [5, 5.41) is 27.7. The Morgan fingerprint density at radius 3 is 2.46 bits per heavy atom. The third-order valence-electron chi connectivity index (χ3n) is 4.23. The zero-order valence-electron chi connectivity index (χ0n) is 14.2. The van der Waals surface area contributed by atoms with Crippen molar-refractivity contribution in [2.24, 2.45) is 5.73 Å². The van der Waals surface area contributed by atoms with Crippen LogP contribution in [-0.2, 0) is 0 Å². The standard InChI is InChI=1S/C19H13N5O4/c20-18(28)16-14(15-12(26)2-1-7-21-15)13-11(8-22-19(13)24-23-16)17(27)9-3-5-10(25)6-4-9/h1-8,25-26H,(H2,20,28)(H,22,24). The van der Waals surface area contributed by atoms with Gasteiger partial charge in [-0.25, -0.2) is 0 Å². The number of carbonyl (C=O) groups excluding carboxylic acids is 2. The lowest BCUT2D eigenvalue weighted by molar-refractivity contribution is 0.0993. The number of hydrogen-bond acceptors (Lipinski definition) is 7. The predicted molar refractivity (Wildman–Crippen MR) is 98.8 cm³/mol. The summed E-state index contributed by atoms with van der Waals surface area (Å²) in [5.41, 5.74) is 6.12. The summed E-state index contributed by atoms with van der Waals surface area (Å²) in [6, 6.07) is 8.64. The molecule has 28 heavy (non-hydrogen) atoms. The lowest BCUT2D eigenvalue weighted by Gasteiger charge is -2.09. The molecule has 1 aromatic carbocycles. The van der Waals surface area contributed by atoms with Crippen LogP contribution in [0.1, 0.15) is 26.4 Å². The molecule has 4 aromatic rings. The number of primary amides is 1. The number of pyridine rings is 1. The lowest BCUT2D eigenvalue weighted by Crippen LogP contribution is -2.16. The van der Waals surface area contributed by atoms with Crippen LogP contribution in [0.2, 0.25) is 0 Å². The highest BCUT2D eigenvalue weighted by atomic mass is 16.3. The van der Waals surface area contributed by atoms with Gasteiger partial charge in [0.1, 0.15) is 17.2 Å². The van der Waals surface area contributed by atoms with Crippen LogP contribution in [0.4, 0.5) is 0 Å². The third kappa shape index (κ3) is 2.71. The van der Waals surface area contributed by atoms with Gasteiger partial charge in [0.2, 0.25) is 0 Å². The fraction of sp³-hybridized carbons (Fsp3) is 0. The number of hydrogen-bond donors (Lipinski definition) is 4. The molecule has 138 valence electrons. The normalized spacial score (nSPS) is 10.9. The van der Waals surface area contributed by atoms with E-state index in [0.29, 0.717) is 5.56 Å². The molecule has 0 atom stereocenters. The minimum Gasteiger partial charge on any atom is -0.508 e. The van der Waals surface area contributed by atoms with Crippen molar-refractivity contribution in [1.29, 1.82) is 0 Å². The van der Waals surface area contributed by atoms with Crippen LogP contribution >= 0.6 is 0 Å². The smallest absolute Gasteiger partial charge is 0.269 e. The monoisotopic (exact) mass is 375 g/mol. The molecule has 0 saturated carbocycles. The van der Waals surface area contributed by atoms with Gasteiger partial charge in [-0.3, -0.25) is 14.6 Å². The largest absolute Gasteiger partial charge is 0.508 e. The summed E-state index contributed by atoms with van der Waals surface area (Å²) in [7, 11) is 0. The van der Waals surface area contributed by atoms with Gasteiger partial charge in [-0.1, -0.05) is 0 Å². The topological polar surface area (TPSA) is 155 Å². The number of aromatic hydroxyl groups is 2. The molecule has 0 aliphatic carbocycles. The number of H-pyrrole nitrogens is 1. The maximum atomic E-state index is 13.0. The summed E-state index contributed by atoms with van der Waals surface area (Å²) < 4.78 is 0. The van der Waals surface area contributed by atoms with E-state index in [9.17, 15) is 19.8 Å². The number of benzene rings is 1. The van der Waals surface area contributed by atoms with Gasteiger partial charge in [0, 0.05) is 28.9 Å². The number of fused-ring (bicyclic) bond motifs is 1. The summed E-state index contributed by atoms with van der Waals surface area (Å²) in [4.78, 5) is 31.9. The zero-order valence-corrected chi connectivity index (χ0v) is 14.2. The number of ketones is 1. The Bertz CT molecular complexity index is 1230. The molecule has 0 radical (unpaired) electrons. The molecule has 0 bridgehead atoms. The van der Waals surface area contributed by atoms with Gasteiger partial charge in [0.15, 0.2) is 17.1 Å². The maximum absolute atomic E-state index is 13.0. The number of phenolic OH excluding ortho intramolecular Hbond substituents is 1. The Morgan fingerprint density at radius 2 is 1.79 bits per heavy atom. The number of rotatable bonds is 4. The summed E-state index contributed by atoms with van der Waals surface area (Å²) in [6.07, 6.45) is 2.86. The van der Waals surface area contributed by atoms with Crippen LogP contribution < -0.4 is 5.73 Å². The van der Waals surface area contributed by atoms with E-state index in [1.807, 2.05) is 0 Å². The van der Waals surface area contributed by atoms with Crippen molar-refractivity contribution in [3.63, 3.8) is 0 Å². The fourth-order valence-electron chi connectivity index (χ4n) is 2.95. The minimum atomic E-state index is -0.876. The molecule has 3 aromatic heterocycles. The van der Waals surface area contributed by atoms with Crippen LogP contribution in [-0.4, -0.2) is 42.1 Å². The first kappa shape index (κ1) is 17.2. The highest BCUT2D eigenvalue weighted by Crippen LogP contribution is 2.36. The molecule has 0 unspecified atom stereocenters. The second kappa shape index (κ2) is 6.47. The average molecular weight is 375 g/mol. The molecule has 0 saturated heterocycles. The number of nitrogens with one attached hydrogen (secondary N) is 1. The van der Waals surface area contributed by atoms with Gasteiger partial charge >= 0.3 is 0 Å². The van der Waals surface area contributed by atoms with Crippen molar-refractivity contribution in [1.82, 2.24) is 20.2 Å². The molecule has 0 aliphatic heterocycles. The van der Waals surface area contributed by atoms with Gasteiger partial charge in [-0.2, -0.15) is 0 Å². The molecule has 3 heterocycles. The van der Waals surface area contributed by atoms with Crippen LogP contribution in [0.15, 0.2) is 48.8 Å². The Kier molecular flexibility index (Phi) is 3.96. The first-order valence-corrected chi connectivity index (χ1v) is 8.13. The van der Waals surface area contributed by atoms with Gasteiger partial charge in [-0.05, 0) is 36.4 Å². The number of nitrogens with two attached hydrogens (primary N) is 1. The number of carbonyl (C=O) groups is 2. The van der Waals surface area contributed by atoms with E-state index in [0.717, 1.165) is 0 Å². The summed E-state index contributed by atoms with van der Waals surface area (Å²) in [5.74, 6) is -1.44. The van der Waals surface area contributed by atoms with Crippen LogP contribution in [0.3, 0.4) is 0 Å². The second-order valence-electron chi connectivity index (χ2n) is 5.96. The second-order valence-corrected chi connectivity index (χ2v) is 5.96. The van der Waals surface area contributed by atoms with Gasteiger partial charge < -0.3 is 20.9 Å². The molecule has 9 heteroatoms. The Labute approximate surface area is 157 Å². The molecule has 9 nitrogen and oxygen atoms in total. The van der Waals surface area contributed by atoms with Crippen molar-refractivity contribution in [2.75, 3.05) is 0 Å². The van der Waals surface area contributed by atoms with Gasteiger partial charge in [0.05, 0.1) is 5.56 Å². The van der Waals surface area contributed by atoms with Crippen molar-refractivity contribution in [3.05, 3.63) is 65.6 Å². The van der Waals surface area contributed by atoms with E-state index in [1.54, 1.807) is 0 Å². The van der Waals surface area contributed by atoms with E-state index in [1.165, 1.54) is 48.8 Å². The highest BCUT2D eigenvalue weighted by Gasteiger charge is 2.26. The molecular formula is C19H13N5O4. The van der Waals surface area contributed by atoms with Crippen molar-refractivity contribution in [2.45, 2.75) is 0 Å². The SMILES string of the molecule is NC(=O)c1nnc2[nH]cc(C(=O)c3ccc(O)cc3)c2c1-c1ncccc1O. The molecule has 0 aliphatic rings. The lowest BCUT2D eigenvalue weighted by atomic mass is 9.97. The quantitative estimate of drug-likeness (QED) is 0.396. The van der Waals surface area contributed by atoms with E-state index in [4.69, 9.17) is 5.73 Å². The fourth-order valence-corrected chi connectivity index (χ4v) is 2.95. The predicted octanol–water partition coefficient (Wildman–Crippen LogP) is 1.76. The molecule has 1 amide bonds. The molecule has 0 spiro atoms. The van der Waals surface area contributed by atoms with E-state index in [2.05, 4.69) is 20.2 Å². The number of phenols is 1. The van der Waals surface area contributed by atoms with Gasteiger partial charge in [-0.15, -0.1) is 10.2 Å². The third-order valence-corrected chi connectivity index (χ3v) is 4.23. The summed E-state index contributed by atoms with van der Waals surface area (Å²) in [6.45, 7) is 0. The molecule has 0 fully saturated rings. The Hall–Kier alpha value is -4.27. The van der Waals surface area contributed by atoms with Gasteiger partial charge in [0.25, 0.3) is 5.91 Å². The van der Waals surface area contributed by atoms with Crippen LogP contribution in [0, 0.1) is 0 Å². The maximum Gasteiger partial charge on any atom is 0.269 e. The number of aromatic amines is 1. The first-order valence-electron chi connectivity index (χ1n) is 8.13. The van der Waals surface area contributed by atoms with Crippen molar-refractivity contribution < 1.29 is 19.8 Å². The van der Waals surface area contributed by atoms with E-state index in [-0.39, 0.29) is 50.8 Å². The average Bonchev–Trinajstić information content (AvgIpc) is 3.12. The van der Waals surface area contributed by atoms with Crippen LogP contribution in [0.25, 0.3) is 22.3 Å². The molecule has 4 rings (SSSR count). The van der Waals surface area contributed by atoms with E-state index < -0.39 is 5.91 Å². The van der Waals surface area contributed by atoms with Crippen molar-refractivity contribution >= 4 is 22.7 Å². The number of nitrogens with zero attached hydrogens (tertiary/aromatic N) is 3. The zero-order chi connectivity index (χ0) is 19.8. The Balaban J connectivity index is 2.04. The molecule has 5 N–H and O–H groups in total. The van der Waals surface area contributed by atoms with Crippen LogP contribution in [0.5, 0.6) is 11.5 Å². The molecular weight excluding hydrogens is 362 g/mol. The first-order chi connectivity index (χ1) is 13.5. The Morgan fingerprint density at radius 1 is 1.04 bits per heavy atom. The number of amides is 1. The highest BCUT2D eigenvalue weighted by molar-refractivity contribution is 6.20. The van der Waals surface area contributed by atoms with Crippen molar-refractivity contribution in [3.8, 4) is 22.8 Å². The minimum absolute atomic E-state index is 0.0245. The summed E-state index contributed by atoms with van der Waals surface area (Å²) >= 11 is 0. The van der Waals surface area contributed by atoms with E-state index >= 15 is 0 Å².